The quantitative estimate of drug-likeness (QED) is 0.376. The molecule has 0 bridgehead atoms. The second-order valence-electron chi connectivity index (χ2n) is 3.17. The van der Waals surface area contributed by atoms with Crippen LogP contribution in [0.15, 0.2) is 12.1 Å². The van der Waals surface area contributed by atoms with E-state index < -0.39 is 15.8 Å². The molecule has 17 heavy (non-hydrogen) atoms. The SMILES string of the molecule is COC(Br)c1cc(C(N)=O)c(N)c([N+](=O)[O-])c1. The van der Waals surface area contributed by atoms with Crippen LogP contribution in [0.25, 0.3) is 0 Å². The highest BCUT2D eigenvalue weighted by atomic mass is 79.9. The Bertz CT molecular complexity index is 442. The van der Waals surface area contributed by atoms with Gasteiger partial charge in [-0.1, -0.05) is 15.9 Å². The largest absolute Gasteiger partial charge is 0.393 e. The van der Waals surface area contributed by atoms with Crippen LogP contribution < -0.4 is 11.5 Å². The zero-order valence-corrected chi connectivity index (χ0v) is 10.4. The number of methoxy groups -OCH3 is 1. The van der Waals surface area contributed by atoms with Crippen molar-refractivity contribution >= 4 is 33.2 Å². The van der Waals surface area contributed by atoms with Crippen LogP contribution in [0.2, 0.25) is 0 Å². The summed E-state index contributed by atoms with van der Waals surface area (Å²) in [7, 11) is 1.41. The minimum absolute atomic E-state index is 0.101. The van der Waals surface area contributed by atoms with Crippen molar-refractivity contribution in [1.82, 2.24) is 0 Å². The average molecular weight is 304 g/mol. The molecule has 1 amide bonds. The molecule has 8 heteroatoms. The Morgan fingerprint density at radius 2 is 2.18 bits per heavy atom. The topological polar surface area (TPSA) is 121 Å². The smallest absolute Gasteiger partial charge is 0.293 e. The molecule has 0 spiro atoms. The first-order chi connectivity index (χ1) is 7.88. The summed E-state index contributed by atoms with van der Waals surface area (Å²) in [5.74, 6) is -0.830. The van der Waals surface area contributed by atoms with Gasteiger partial charge in [0.15, 0.2) is 0 Å². The maximum Gasteiger partial charge on any atom is 0.293 e. The Labute approximate surface area is 105 Å². The highest BCUT2D eigenvalue weighted by molar-refractivity contribution is 9.09. The zero-order chi connectivity index (χ0) is 13.2. The van der Waals surface area contributed by atoms with Crippen LogP contribution >= 0.6 is 15.9 Å². The molecule has 0 aromatic heterocycles. The van der Waals surface area contributed by atoms with Crippen LogP contribution in [0.4, 0.5) is 11.4 Å². The number of benzene rings is 1. The van der Waals surface area contributed by atoms with Gasteiger partial charge in [0.2, 0.25) is 0 Å². The van der Waals surface area contributed by atoms with E-state index in [0.29, 0.717) is 5.56 Å². The van der Waals surface area contributed by atoms with Gasteiger partial charge in [-0.05, 0) is 11.6 Å². The average Bonchev–Trinajstić information content (AvgIpc) is 2.27. The molecule has 0 aliphatic carbocycles. The van der Waals surface area contributed by atoms with Crippen LogP contribution in [0.3, 0.4) is 0 Å². The van der Waals surface area contributed by atoms with Crippen LogP contribution in [0, 0.1) is 10.1 Å². The summed E-state index contributed by atoms with van der Waals surface area (Å²) in [5, 5.41) is 10.2. The van der Waals surface area contributed by atoms with E-state index in [2.05, 4.69) is 15.9 Å². The van der Waals surface area contributed by atoms with Crippen molar-refractivity contribution < 1.29 is 14.5 Å². The fourth-order valence-corrected chi connectivity index (χ4v) is 1.55. The van der Waals surface area contributed by atoms with Gasteiger partial charge in [0, 0.05) is 13.2 Å². The molecule has 4 N–H and O–H groups in total. The first-order valence-electron chi connectivity index (χ1n) is 4.43. The van der Waals surface area contributed by atoms with Gasteiger partial charge in [-0.25, -0.2) is 0 Å². The summed E-state index contributed by atoms with van der Waals surface area (Å²) in [4.78, 5) is 21.2. The van der Waals surface area contributed by atoms with Gasteiger partial charge >= 0.3 is 0 Å². The van der Waals surface area contributed by atoms with E-state index in [1.54, 1.807) is 0 Å². The maximum atomic E-state index is 11.1. The number of amides is 1. The van der Waals surface area contributed by atoms with Gasteiger partial charge in [-0.3, -0.25) is 14.9 Å². The molecular formula is C9H10BrN3O4. The summed E-state index contributed by atoms with van der Waals surface area (Å²) in [6.07, 6.45) is 0. The monoisotopic (exact) mass is 303 g/mol. The zero-order valence-electron chi connectivity index (χ0n) is 8.84. The van der Waals surface area contributed by atoms with E-state index in [4.69, 9.17) is 16.2 Å². The number of nitrogens with two attached hydrogens (primary N) is 2. The number of ether oxygens (including phenoxy) is 1. The number of halogens is 1. The molecule has 0 fully saturated rings. The summed E-state index contributed by atoms with van der Waals surface area (Å²) < 4.78 is 4.95. The van der Waals surface area contributed by atoms with E-state index in [-0.39, 0.29) is 16.9 Å². The molecule has 0 aliphatic heterocycles. The molecule has 0 saturated carbocycles. The number of carbonyl (C=O) groups excluding carboxylic acids is 1. The highest BCUT2D eigenvalue weighted by Crippen LogP contribution is 2.32. The number of nitrogens with zero attached hydrogens (tertiary/aromatic N) is 1. The van der Waals surface area contributed by atoms with Crippen molar-refractivity contribution in [1.29, 1.82) is 0 Å². The number of hydrogen-bond donors (Lipinski definition) is 2. The fourth-order valence-electron chi connectivity index (χ4n) is 1.28. The minimum atomic E-state index is -0.830. The molecular weight excluding hydrogens is 294 g/mol. The molecule has 0 aliphatic rings. The first kappa shape index (κ1) is 13.4. The van der Waals surface area contributed by atoms with E-state index >= 15 is 0 Å². The van der Waals surface area contributed by atoms with Gasteiger partial charge in [0.1, 0.15) is 10.7 Å². The van der Waals surface area contributed by atoms with Crippen LogP contribution in [-0.4, -0.2) is 17.9 Å². The Balaban J connectivity index is 3.47. The molecule has 1 atom stereocenters. The molecule has 1 unspecified atom stereocenters. The van der Waals surface area contributed by atoms with Gasteiger partial charge in [-0.15, -0.1) is 0 Å². The lowest BCUT2D eigenvalue weighted by Crippen LogP contribution is -2.15. The number of alkyl halides is 1. The number of carbonyl (C=O) groups is 1. The summed E-state index contributed by atoms with van der Waals surface area (Å²) in [6.45, 7) is 0. The van der Waals surface area contributed by atoms with Crippen molar-refractivity contribution in [3.8, 4) is 0 Å². The Morgan fingerprint density at radius 3 is 2.59 bits per heavy atom. The van der Waals surface area contributed by atoms with E-state index in [0.717, 1.165) is 0 Å². The number of nitrogen functional groups attached to an aromatic ring is 1. The van der Waals surface area contributed by atoms with E-state index in [1.807, 2.05) is 0 Å². The van der Waals surface area contributed by atoms with Crippen molar-refractivity contribution in [2.45, 2.75) is 5.01 Å². The molecule has 92 valence electrons. The van der Waals surface area contributed by atoms with Crippen molar-refractivity contribution in [2.24, 2.45) is 5.73 Å². The van der Waals surface area contributed by atoms with Crippen LogP contribution in [0.1, 0.15) is 20.9 Å². The number of nitro groups is 1. The molecule has 1 rings (SSSR count). The number of nitro benzene ring substituents is 1. The van der Waals surface area contributed by atoms with Crippen molar-refractivity contribution in [3.63, 3.8) is 0 Å². The normalized spacial score (nSPS) is 12.1. The minimum Gasteiger partial charge on any atom is -0.393 e. The molecule has 0 radical (unpaired) electrons. The Morgan fingerprint density at radius 1 is 1.59 bits per heavy atom. The third-order valence-electron chi connectivity index (χ3n) is 2.11. The van der Waals surface area contributed by atoms with Crippen molar-refractivity contribution in [2.75, 3.05) is 12.8 Å². The number of hydrogen-bond acceptors (Lipinski definition) is 5. The standard InChI is InChI=1S/C9H10BrN3O4/c1-17-8(10)4-2-5(9(12)14)7(11)6(3-4)13(15)16/h2-3,8H,11H2,1H3,(H2,12,14). The fraction of sp³-hybridized carbons (Fsp3) is 0.222. The van der Waals surface area contributed by atoms with Gasteiger partial charge in [-0.2, -0.15) is 0 Å². The van der Waals surface area contributed by atoms with Gasteiger partial charge in [0.25, 0.3) is 11.6 Å². The number of primary amides is 1. The predicted molar refractivity (Wildman–Crippen MR) is 64.7 cm³/mol. The maximum absolute atomic E-state index is 11.1. The molecule has 1 aromatic carbocycles. The lowest BCUT2D eigenvalue weighted by Gasteiger charge is -2.11. The summed E-state index contributed by atoms with van der Waals surface area (Å²) in [5.41, 5.74) is 10.3. The number of rotatable bonds is 4. The third-order valence-corrected chi connectivity index (χ3v) is 3.01. The second kappa shape index (κ2) is 5.11. The second-order valence-corrected chi connectivity index (χ2v) is 4.01. The highest BCUT2D eigenvalue weighted by Gasteiger charge is 2.22. The van der Waals surface area contributed by atoms with Crippen LogP contribution in [-0.2, 0) is 4.74 Å². The lowest BCUT2D eigenvalue weighted by atomic mass is 10.1. The molecule has 7 nitrogen and oxygen atoms in total. The first-order valence-corrected chi connectivity index (χ1v) is 5.34. The van der Waals surface area contributed by atoms with Gasteiger partial charge in [0.05, 0.1) is 10.5 Å². The van der Waals surface area contributed by atoms with E-state index in [1.165, 1.54) is 19.2 Å². The summed E-state index contributed by atoms with van der Waals surface area (Å²) in [6, 6.07) is 2.58. The van der Waals surface area contributed by atoms with Gasteiger partial charge < -0.3 is 16.2 Å². The number of anilines is 1. The molecule has 0 saturated heterocycles. The lowest BCUT2D eigenvalue weighted by molar-refractivity contribution is -0.384. The predicted octanol–water partition coefficient (Wildman–Crippen LogP) is 1.32. The molecule has 0 heterocycles. The molecule has 1 aromatic rings. The Hall–Kier alpha value is -1.67. The van der Waals surface area contributed by atoms with Crippen molar-refractivity contribution in [3.05, 3.63) is 33.4 Å². The third kappa shape index (κ3) is 2.71. The summed E-state index contributed by atoms with van der Waals surface area (Å²) >= 11 is 3.14. The van der Waals surface area contributed by atoms with E-state index in [9.17, 15) is 14.9 Å². The Kier molecular flexibility index (Phi) is 4.02. The van der Waals surface area contributed by atoms with Crippen LogP contribution in [0.5, 0.6) is 0 Å².